The Morgan fingerprint density at radius 3 is 2.85 bits per heavy atom. The molecule has 0 spiro atoms. The lowest BCUT2D eigenvalue weighted by Crippen LogP contribution is -2.05. The number of hydrogen-bond acceptors (Lipinski definition) is 2. The summed E-state index contributed by atoms with van der Waals surface area (Å²) in [6.07, 6.45) is 0. The maximum absolute atomic E-state index is 11.0. The van der Waals surface area contributed by atoms with E-state index in [9.17, 15) is 4.79 Å². The van der Waals surface area contributed by atoms with Crippen LogP contribution in [0.2, 0.25) is 5.02 Å². The zero-order valence-corrected chi connectivity index (χ0v) is 7.43. The van der Waals surface area contributed by atoms with Crippen LogP contribution in [-0.2, 0) is 0 Å². The molecule has 0 aliphatic heterocycles. The Morgan fingerprint density at radius 2 is 2.08 bits per heavy atom. The first-order valence-electron chi connectivity index (χ1n) is 3.75. The second kappa shape index (κ2) is 2.78. The lowest BCUT2D eigenvalue weighted by atomic mass is 10.2. The first kappa shape index (κ1) is 8.13. The fourth-order valence-corrected chi connectivity index (χ4v) is 1.43. The van der Waals surface area contributed by atoms with Crippen LogP contribution in [0.5, 0.6) is 0 Å². The number of nitrogens with one attached hydrogen (secondary N) is 1. The van der Waals surface area contributed by atoms with Crippen molar-refractivity contribution >= 4 is 28.2 Å². The van der Waals surface area contributed by atoms with Crippen molar-refractivity contribution in [2.24, 2.45) is 0 Å². The third kappa shape index (κ3) is 1.38. The van der Waals surface area contributed by atoms with Gasteiger partial charge in [0.05, 0.1) is 5.52 Å². The number of nitrogens with two attached hydrogens (primary N) is 1. The van der Waals surface area contributed by atoms with Gasteiger partial charge in [0.1, 0.15) is 0 Å². The smallest absolute Gasteiger partial charge is 0.250 e. The molecule has 4 heteroatoms. The van der Waals surface area contributed by atoms with Crippen molar-refractivity contribution in [3.05, 3.63) is 39.6 Å². The normalized spacial score (nSPS) is 10.5. The van der Waals surface area contributed by atoms with E-state index in [-0.39, 0.29) is 5.56 Å². The third-order valence-electron chi connectivity index (χ3n) is 1.84. The Kier molecular flexibility index (Phi) is 1.74. The number of aromatic nitrogens is 1. The van der Waals surface area contributed by atoms with Crippen molar-refractivity contribution in [3.8, 4) is 0 Å². The molecule has 0 bridgehead atoms. The van der Waals surface area contributed by atoms with Gasteiger partial charge >= 0.3 is 0 Å². The standard InChI is InChI=1S/C9H7ClN2O/c10-5-1-2-6-7(11)4-9(13)12-8(6)3-5/h1-4H,(H3,11,12,13). The third-order valence-corrected chi connectivity index (χ3v) is 2.07. The minimum atomic E-state index is -0.215. The number of anilines is 1. The molecule has 3 N–H and O–H groups in total. The molecule has 0 fully saturated rings. The summed E-state index contributed by atoms with van der Waals surface area (Å²) >= 11 is 5.76. The molecular weight excluding hydrogens is 188 g/mol. The summed E-state index contributed by atoms with van der Waals surface area (Å²) in [5.41, 5.74) is 6.56. The van der Waals surface area contributed by atoms with Gasteiger partial charge in [-0.3, -0.25) is 4.79 Å². The van der Waals surface area contributed by atoms with Crippen molar-refractivity contribution < 1.29 is 0 Å². The van der Waals surface area contributed by atoms with E-state index in [1.165, 1.54) is 6.07 Å². The van der Waals surface area contributed by atoms with E-state index in [2.05, 4.69) is 4.98 Å². The summed E-state index contributed by atoms with van der Waals surface area (Å²) in [7, 11) is 0. The molecule has 2 rings (SSSR count). The number of aromatic amines is 1. The molecule has 3 nitrogen and oxygen atoms in total. The summed E-state index contributed by atoms with van der Waals surface area (Å²) < 4.78 is 0. The van der Waals surface area contributed by atoms with Crippen molar-refractivity contribution in [2.75, 3.05) is 5.73 Å². The van der Waals surface area contributed by atoms with Crippen molar-refractivity contribution in [3.63, 3.8) is 0 Å². The molecule has 1 aromatic heterocycles. The molecule has 0 atom stereocenters. The Hall–Kier alpha value is -1.48. The first-order chi connectivity index (χ1) is 6.16. The molecule has 1 aromatic carbocycles. The lowest BCUT2D eigenvalue weighted by Gasteiger charge is -2.00. The molecule has 2 aromatic rings. The fourth-order valence-electron chi connectivity index (χ4n) is 1.26. The molecule has 1 heterocycles. The van der Waals surface area contributed by atoms with Crippen LogP contribution in [0.1, 0.15) is 0 Å². The average molecular weight is 195 g/mol. The number of hydrogen-bond donors (Lipinski definition) is 2. The van der Waals surface area contributed by atoms with Crippen molar-refractivity contribution in [1.82, 2.24) is 4.98 Å². The highest BCUT2D eigenvalue weighted by Gasteiger charge is 1.99. The molecule has 66 valence electrons. The van der Waals surface area contributed by atoms with Crippen LogP contribution in [0.4, 0.5) is 5.69 Å². The van der Waals surface area contributed by atoms with Crippen LogP contribution in [0, 0.1) is 0 Å². The number of nitrogen functional groups attached to an aromatic ring is 1. The highest BCUT2D eigenvalue weighted by molar-refractivity contribution is 6.31. The van der Waals surface area contributed by atoms with Crippen LogP contribution in [0.15, 0.2) is 29.1 Å². The van der Waals surface area contributed by atoms with E-state index < -0.39 is 0 Å². The second-order valence-electron chi connectivity index (χ2n) is 2.78. The predicted molar refractivity (Wildman–Crippen MR) is 54.0 cm³/mol. The summed E-state index contributed by atoms with van der Waals surface area (Å²) in [6, 6.07) is 6.55. The molecule has 0 amide bonds. The Bertz CT molecular complexity index is 518. The van der Waals surface area contributed by atoms with Gasteiger partial charge in [0.15, 0.2) is 0 Å². The number of H-pyrrole nitrogens is 1. The van der Waals surface area contributed by atoms with Crippen LogP contribution < -0.4 is 11.3 Å². The van der Waals surface area contributed by atoms with Gasteiger partial charge in [-0.05, 0) is 18.2 Å². The molecular formula is C9H7ClN2O. The molecule has 0 aliphatic carbocycles. The minimum Gasteiger partial charge on any atom is -0.398 e. The van der Waals surface area contributed by atoms with Crippen LogP contribution in [-0.4, -0.2) is 4.98 Å². The maximum atomic E-state index is 11.0. The van der Waals surface area contributed by atoms with Crippen LogP contribution in [0.25, 0.3) is 10.9 Å². The topological polar surface area (TPSA) is 58.9 Å². The van der Waals surface area contributed by atoms with Gasteiger partial charge in [-0.25, -0.2) is 0 Å². The van der Waals surface area contributed by atoms with Crippen LogP contribution >= 0.6 is 11.6 Å². The number of pyridine rings is 1. The molecule has 0 unspecified atom stereocenters. The first-order valence-corrected chi connectivity index (χ1v) is 4.13. The van der Waals surface area contributed by atoms with Gasteiger partial charge in [0.2, 0.25) is 5.56 Å². The predicted octanol–water partition coefficient (Wildman–Crippen LogP) is 1.76. The van der Waals surface area contributed by atoms with Gasteiger partial charge in [-0.1, -0.05) is 11.6 Å². The number of benzene rings is 1. The van der Waals surface area contributed by atoms with E-state index >= 15 is 0 Å². The SMILES string of the molecule is Nc1cc(=O)[nH]c2cc(Cl)ccc12. The van der Waals surface area contributed by atoms with Crippen molar-refractivity contribution in [1.29, 1.82) is 0 Å². The minimum absolute atomic E-state index is 0.215. The second-order valence-corrected chi connectivity index (χ2v) is 3.22. The summed E-state index contributed by atoms with van der Waals surface area (Å²) in [5, 5.41) is 1.39. The van der Waals surface area contributed by atoms with Gasteiger partial charge in [-0.15, -0.1) is 0 Å². The van der Waals surface area contributed by atoms with E-state index in [0.29, 0.717) is 16.2 Å². The number of fused-ring (bicyclic) bond motifs is 1. The monoisotopic (exact) mass is 194 g/mol. The summed E-state index contributed by atoms with van der Waals surface area (Å²) in [6.45, 7) is 0. The fraction of sp³-hybridized carbons (Fsp3) is 0. The Morgan fingerprint density at radius 1 is 1.31 bits per heavy atom. The van der Waals surface area contributed by atoms with Crippen molar-refractivity contribution in [2.45, 2.75) is 0 Å². The number of rotatable bonds is 0. The quantitative estimate of drug-likeness (QED) is 0.672. The zero-order valence-electron chi connectivity index (χ0n) is 6.67. The molecule has 0 radical (unpaired) electrons. The molecule has 13 heavy (non-hydrogen) atoms. The van der Waals surface area contributed by atoms with Gasteiger partial charge in [0.25, 0.3) is 0 Å². The largest absolute Gasteiger partial charge is 0.398 e. The summed E-state index contributed by atoms with van der Waals surface area (Å²) in [4.78, 5) is 13.7. The van der Waals surface area contributed by atoms with Gasteiger partial charge in [0, 0.05) is 22.2 Å². The maximum Gasteiger partial charge on any atom is 0.250 e. The highest BCUT2D eigenvalue weighted by atomic mass is 35.5. The van der Waals surface area contributed by atoms with Crippen LogP contribution in [0.3, 0.4) is 0 Å². The summed E-state index contributed by atoms with van der Waals surface area (Å²) in [5.74, 6) is 0. The highest BCUT2D eigenvalue weighted by Crippen LogP contribution is 2.20. The lowest BCUT2D eigenvalue weighted by molar-refractivity contribution is 1.31. The molecule has 0 aliphatic rings. The van der Waals surface area contributed by atoms with Gasteiger partial charge < -0.3 is 10.7 Å². The van der Waals surface area contributed by atoms with E-state index in [1.807, 2.05) is 0 Å². The molecule has 0 saturated carbocycles. The van der Waals surface area contributed by atoms with Gasteiger partial charge in [-0.2, -0.15) is 0 Å². The van der Waals surface area contributed by atoms with E-state index in [0.717, 1.165) is 5.39 Å². The number of halogens is 1. The average Bonchev–Trinajstić information content (AvgIpc) is 2.02. The van der Waals surface area contributed by atoms with E-state index in [4.69, 9.17) is 17.3 Å². The Labute approximate surface area is 79.1 Å². The molecule has 0 saturated heterocycles. The zero-order chi connectivity index (χ0) is 9.42. The van der Waals surface area contributed by atoms with E-state index in [1.54, 1.807) is 18.2 Å². The Balaban J connectivity index is 2.94.